The van der Waals surface area contributed by atoms with E-state index in [1.807, 2.05) is 62.6 Å². The molecule has 9 heteroatoms. The molecule has 8 nitrogen and oxygen atoms in total. The average Bonchev–Trinajstić information content (AvgIpc) is 3.71. The van der Waals surface area contributed by atoms with Gasteiger partial charge in [0.05, 0.1) is 0 Å². The molecular weight excluding hydrogens is 536 g/mol. The number of carbonyl (C=O) groups is 2. The largest absolute Gasteiger partial charge is 0.356 e. The van der Waals surface area contributed by atoms with Crippen LogP contribution in [0, 0.1) is 0 Å². The summed E-state index contributed by atoms with van der Waals surface area (Å²) >= 11 is 0. The van der Waals surface area contributed by atoms with E-state index in [0.717, 1.165) is 49.0 Å². The van der Waals surface area contributed by atoms with Gasteiger partial charge in [0.15, 0.2) is 0 Å². The van der Waals surface area contributed by atoms with Crippen LogP contribution < -0.4 is 10.6 Å². The van der Waals surface area contributed by atoms with Gasteiger partial charge in [-0.3, -0.25) is 19.6 Å². The van der Waals surface area contributed by atoms with Gasteiger partial charge in [0.2, 0.25) is 0 Å². The molecule has 2 amide bonds. The lowest BCUT2D eigenvalue weighted by Crippen LogP contribution is -2.28. The number of halogens is 1. The lowest BCUT2D eigenvalue weighted by molar-refractivity contribution is 0.101. The van der Waals surface area contributed by atoms with Crippen molar-refractivity contribution in [3.8, 4) is 0 Å². The summed E-state index contributed by atoms with van der Waals surface area (Å²) in [4.78, 5) is 39.2. The second-order valence-corrected chi connectivity index (χ2v) is 10.1. The van der Waals surface area contributed by atoms with Crippen molar-refractivity contribution in [3.63, 3.8) is 0 Å². The number of anilines is 2. The van der Waals surface area contributed by atoms with Crippen LogP contribution in [-0.2, 0) is 0 Å². The van der Waals surface area contributed by atoms with E-state index in [0.29, 0.717) is 22.5 Å². The molecule has 2 saturated heterocycles. The third kappa shape index (κ3) is 7.13. The predicted molar refractivity (Wildman–Crippen MR) is 169 cm³/mol. The summed E-state index contributed by atoms with van der Waals surface area (Å²) < 4.78 is 0. The number of amidine groups is 2. The van der Waals surface area contributed by atoms with E-state index >= 15 is 0 Å². The topological polar surface area (TPSA) is 89.4 Å². The smallest absolute Gasteiger partial charge is 0.255 e. The van der Waals surface area contributed by atoms with Crippen molar-refractivity contribution in [1.82, 2.24) is 9.80 Å². The van der Waals surface area contributed by atoms with Crippen LogP contribution in [0.3, 0.4) is 0 Å². The minimum Gasteiger partial charge on any atom is -0.356 e. The van der Waals surface area contributed by atoms with E-state index < -0.39 is 0 Å². The molecule has 214 valence electrons. The Hall–Kier alpha value is -4.17. The fourth-order valence-electron chi connectivity index (χ4n) is 5.35. The Labute approximate surface area is 248 Å². The fraction of sp³-hybridized carbons (Fsp3) is 0.312. The summed E-state index contributed by atoms with van der Waals surface area (Å²) in [5.74, 6) is 1.51. The van der Waals surface area contributed by atoms with Crippen LogP contribution >= 0.6 is 12.4 Å². The Bertz CT molecular complexity index is 1280. The number of hydrogen-bond donors (Lipinski definition) is 2. The minimum absolute atomic E-state index is 0. The summed E-state index contributed by atoms with van der Waals surface area (Å²) in [7, 11) is 3.63. The zero-order valence-corrected chi connectivity index (χ0v) is 24.4. The molecule has 2 N–H and O–H groups in total. The minimum atomic E-state index is -0.231. The summed E-state index contributed by atoms with van der Waals surface area (Å²) in [5, 5.41) is 5.87. The second-order valence-electron chi connectivity index (χ2n) is 10.1. The third-order valence-electron chi connectivity index (χ3n) is 7.45. The van der Waals surface area contributed by atoms with Gasteiger partial charge in [-0.15, -0.1) is 12.4 Å². The van der Waals surface area contributed by atoms with E-state index in [4.69, 9.17) is 0 Å². The van der Waals surface area contributed by atoms with Gasteiger partial charge in [0, 0.05) is 73.9 Å². The highest BCUT2D eigenvalue weighted by atomic mass is 35.5. The second kappa shape index (κ2) is 13.9. The number of carbonyl (C=O) groups excluding carboxylic acids is 2. The van der Waals surface area contributed by atoms with Gasteiger partial charge in [0.25, 0.3) is 11.8 Å². The monoisotopic (exact) mass is 572 g/mol. The first kappa shape index (κ1) is 29.8. The van der Waals surface area contributed by atoms with Crippen LogP contribution in [0.25, 0.3) is 0 Å². The number of benzene rings is 3. The number of amides is 2. The van der Waals surface area contributed by atoms with Crippen LogP contribution in [0.5, 0.6) is 0 Å². The molecule has 0 bridgehead atoms. The lowest BCUT2D eigenvalue weighted by Gasteiger charge is -2.20. The molecule has 3 aromatic carbocycles. The molecule has 2 fully saturated rings. The fourth-order valence-corrected chi connectivity index (χ4v) is 5.35. The van der Waals surface area contributed by atoms with Crippen molar-refractivity contribution in [3.05, 3.63) is 95.1 Å². The van der Waals surface area contributed by atoms with E-state index in [1.165, 1.54) is 25.7 Å². The Morgan fingerprint density at radius 1 is 0.537 bits per heavy atom. The average molecular weight is 573 g/mol. The number of nitrogens with one attached hydrogen (secondary N) is 2. The summed E-state index contributed by atoms with van der Waals surface area (Å²) in [6.07, 6.45) is 4.76. The Morgan fingerprint density at radius 2 is 0.829 bits per heavy atom. The van der Waals surface area contributed by atoms with Crippen LogP contribution in [0.15, 0.2) is 82.8 Å². The van der Waals surface area contributed by atoms with Crippen molar-refractivity contribution >= 4 is 47.3 Å². The summed E-state index contributed by atoms with van der Waals surface area (Å²) in [6.45, 7) is 4.11. The van der Waals surface area contributed by atoms with Gasteiger partial charge >= 0.3 is 0 Å². The molecule has 0 atom stereocenters. The lowest BCUT2D eigenvalue weighted by atomic mass is 10.1. The standard InChI is InChI=1S/C32H36N6O2.ClH/c1-33-29(37-19-3-4-20-37)23-11-15-27(16-12-23)35-31(39)25-7-9-26(10-8-25)32(40)36-28-17-13-24(14-18-28)30(34-2)38-21-5-6-22-38;/h7-18H,3-6,19-22H2,1-2H3,(H,35,39)(H,36,40);1H. The quantitative estimate of drug-likeness (QED) is 0.299. The van der Waals surface area contributed by atoms with Crippen LogP contribution in [0.4, 0.5) is 11.4 Å². The highest BCUT2D eigenvalue weighted by Crippen LogP contribution is 2.19. The first-order chi connectivity index (χ1) is 19.6. The molecule has 0 saturated carbocycles. The van der Waals surface area contributed by atoms with E-state index in [1.54, 1.807) is 24.3 Å². The molecule has 0 unspecified atom stereocenters. The van der Waals surface area contributed by atoms with Crippen molar-refractivity contribution in [2.45, 2.75) is 25.7 Å². The Morgan fingerprint density at radius 3 is 1.12 bits per heavy atom. The maximum absolute atomic E-state index is 12.8. The number of likely N-dealkylation sites (tertiary alicyclic amines) is 2. The highest BCUT2D eigenvalue weighted by Gasteiger charge is 2.19. The molecule has 5 rings (SSSR count). The van der Waals surface area contributed by atoms with E-state index in [2.05, 4.69) is 30.4 Å². The number of rotatable bonds is 6. The molecule has 0 radical (unpaired) electrons. The first-order valence-corrected chi connectivity index (χ1v) is 13.9. The summed E-state index contributed by atoms with van der Waals surface area (Å²) in [5.41, 5.74) is 4.45. The molecule has 2 aliphatic rings. The van der Waals surface area contributed by atoms with Gasteiger partial charge in [-0.05, 0) is 98.5 Å². The van der Waals surface area contributed by atoms with Gasteiger partial charge < -0.3 is 20.4 Å². The van der Waals surface area contributed by atoms with E-state index in [-0.39, 0.29) is 24.2 Å². The molecule has 0 aromatic heterocycles. The highest BCUT2D eigenvalue weighted by molar-refractivity contribution is 6.08. The van der Waals surface area contributed by atoms with Gasteiger partial charge in [0.1, 0.15) is 11.7 Å². The van der Waals surface area contributed by atoms with Crippen molar-refractivity contribution < 1.29 is 9.59 Å². The molecule has 2 aliphatic heterocycles. The molecule has 0 spiro atoms. The van der Waals surface area contributed by atoms with Crippen LogP contribution in [0.1, 0.15) is 57.5 Å². The Kier molecular flexibility index (Phi) is 10.1. The first-order valence-electron chi connectivity index (χ1n) is 13.9. The van der Waals surface area contributed by atoms with Gasteiger partial charge in [-0.2, -0.15) is 0 Å². The van der Waals surface area contributed by atoms with Crippen LogP contribution in [0.2, 0.25) is 0 Å². The molecule has 41 heavy (non-hydrogen) atoms. The van der Waals surface area contributed by atoms with Crippen molar-refractivity contribution in [1.29, 1.82) is 0 Å². The van der Waals surface area contributed by atoms with Gasteiger partial charge in [-0.25, -0.2) is 0 Å². The van der Waals surface area contributed by atoms with Crippen molar-refractivity contribution in [2.24, 2.45) is 9.98 Å². The predicted octanol–water partition coefficient (Wildman–Crippen LogP) is 5.56. The number of hydrogen-bond acceptors (Lipinski definition) is 4. The third-order valence-corrected chi connectivity index (χ3v) is 7.45. The van der Waals surface area contributed by atoms with E-state index in [9.17, 15) is 9.59 Å². The maximum atomic E-state index is 12.8. The summed E-state index contributed by atoms with van der Waals surface area (Å²) in [6, 6.07) is 22.2. The Balaban J connectivity index is 0.00000387. The maximum Gasteiger partial charge on any atom is 0.255 e. The molecule has 3 aromatic rings. The van der Waals surface area contributed by atoms with Gasteiger partial charge in [-0.1, -0.05) is 0 Å². The van der Waals surface area contributed by atoms with Crippen LogP contribution in [-0.4, -0.2) is 73.6 Å². The zero-order chi connectivity index (χ0) is 27.9. The molecule has 0 aliphatic carbocycles. The molecular formula is C32H37ClN6O2. The SMILES string of the molecule is CN=C(c1ccc(NC(=O)c2ccc(C(=O)Nc3ccc(C(=NC)N4CCCC4)cc3)cc2)cc1)N1CCCC1.Cl. The van der Waals surface area contributed by atoms with Crippen molar-refractivity contribution in [2.75, 3.05) is 50.9 Å². The normalized spacial score (nSPS) is 15.5. The molecule has 2 heterocycles. The number of nitrogens with zero attached hydrogens (tertiary/aromatic N) is 4. The zero-order valence-electron chi connectivity index (χ0n) is 23.6. The number of aliphatic imine (C=N–C) groups is 2.